The molecule has 0 saturated heterocycles. The van der Waals surface area contributed by atoms with Crippen LogP contribution in [0, 0.1) is 0 Å². The zero-order chi connectivity index (χ0) is 11.9. The molecule has 6 nitrogen and oxygen atoms in total. The second kappa shape index (κ2) is 3.46. The average molecular weight is 242 g/mol. The number of aryl methyl sites for hydroxylation is 1. The van der Waals surface area contributed by atoms with Crippen molar-refractivity contribution in [1.29, 1.82) is 0 Å². The SMILES string of the molecule is CNS(=O)(=O)c1ccc2c(c1)oc(=O)n2C. The molecule has 1 aromatic heterocycles. The summed E-state index contributed by atoms with van der Waals surface area (Å²) in [6.45, 7) is 0. The normalized spacial score (nSPS) is 12.1. The highest BCUT2D eigenvalue weighted by molar-refractivity contribution is 7.89. The lowest BCUT2D eigenvalue weighted by Gasteiger charge is -2.01. The summed E-state index contributed by atoms with van der Waals surface area (Å²) in [5.41, 5.74) is 0.809. The summed E-state index contributed by atoms with van der Waals surface area (Å²) in [4.78, 5) is 11.3. The van der Waals surface area contributed by atoms with E-state index in [2.05, 4.69) is 4.72 Å². The monoisotopic (exact) mass is 242 g/mol. The number of oxazole rings is 1. The average Bonchev–Trinajstić information content (AvgIpc) is 2.54. The summed E-state index contributed by atoms with van der Waals surface area (Å²) in [7, 11) is -0.638. The van der Waals surface area contributed by atoms with Crippen molar-refractivity contribution in [2.45, 2.75) is 4.90 Å². The minimum atomic E-state index is -3.51. The third kappa shape index (κ3) is 1.54. The van der Waals surface area contributed by atoms with Gasteiger partial charge in [-0.15, -0.1) is 0 Å². The van der Waals surface area contributed by atoms with Crippen LogP contribution in [0.2, 0.25) is 0 Å². The lowest BCUT2D eigenvalue weighted by Crippen LogP contribution is -2.18. The zero-order valence-corrected chi connectivity index (χ0v) is 9.54. The van der Waals surface area contributed by atoms with Crippen LogP contribution in [-0.2, 0) is 17.1 Å². The second-order valence-corrected chi connectivity index (χ2v) is 5.15. The van der Waals surface area contributed by atoms with E-state index in [9.17, 15) is 13.2 Å². The largest absolute Gasteiger partial charge is 0.419 e. The van der Waals surface area contributed by atoms with Crippen LogP contribution in [0.1, 0.15) is 0 Å². The van der Waals surface area contributed by atoms with Gasteiger partial charge in [0.15, 0.2) is 5.58 Å². The molecule has 0 aliphatic heterocycles. The van der Waals surface area contributed by atoms with E-state index in [1.807, 2.05) is 0 Å². The number of aromatic nitrogens is 1. The predicted molar refractivity (Wildman–Crippen MR) is 57.7 cm³/mol. The number of benzene rings is 1. The van der Waals surface area contributed by atoms with Gasteiger partial charge in [-0.2, -0.15) is 0 Å². The summed E-state index contributed by atoms with van der Waals surface area (Å²) in [5.74, 6) is -0.519. The Hall–Kier alpha value is -1.60. The fourth-order valence-electron chi connectivity index (χ4n) is 1.40. The Labute approximate surface area is 91.5 Å². The highest BCUT2D eigenvalue weighted by atomic mass is 32.2. The molecular weight excluding hydrogens is 232 g/mol. The van der Waals surface area contributed by atoms with Gasteiger partial charge in [0.1, 0.15) is 0 Å². The lowest BCUT2D eigenvalue weighted by molar-refractivity contribution is 0.527. The molecule has 1 heterocycles. The number of nitrogens with zero attached hydrogens (tertiary/aromatic N) is 1. The maximum absolute atomic E-state index is 11.5. The molecule has 2 aromatic rings. The molecule has 86 valence electrons. The van der Waals surface area contributed by atoms with E-state index >= 15 is 0 Å². The summed E-state index contributed by atoms with van der Waals surface area (Å²) in [6.07, 6.45) is 0. The van der Waals surface area contributed by atoms with Crippen LogP contribution >= 0.6 is 0 Å². The Bertz CT molecular complexity index is 696. The van der Waals surface area contributed by atoms with Crippen LogP contribution in [0.15, 0.2) is 32.3 Å². The summed E-state index contributed by atoms with van der Waals surface area (Å²) in [5, 5.41) is 0. The Kier molecular flexibility index (Phi) is 2.36. The van der Waals surface area contributed by atoms with Gasteiger partial charge >= 0.3 is 5.76 Å². The molecule has 0 aliphatic rings. The number of rotatable bonds is 2. The third-order valence-corrected chi connectivity index (χ3v) is 3.75. The maximum Gasteiger partial charge on any atom is 0.419 e. The molecule has 0 bridgehead atoms. The Morgan fingerprint density at radius 1 is 1.38 bits per heavy atom. The Balaban J connectivity index is 2.76. The molecule has 0 fully saturated rings. The van der Waals surface area contributed by atoms with E-state index in [-0.39, 0.29) is 10.5 Å². The molecule has 0 radical (unpaired) electrons. The fraction of sp³-hybridized carbons (Fsp3) is 0.222. The first-order chi connectivity index (χ1) is 7.45. The molecule has 1 aromatic carbocycles. The highest BCUT2D eigenvalue weighted by Crippen LogP contribution is 2.17. The highest BCUT2D eigenvalue weighted by Gasteiger charge is 2.14. The molecule has 7 heteroatoms. The topological polar surface area (TPSA) is 81.3 Å². The molecule has 1 N–H and O–H groups in total. The minimum Gasteiger partial charge on any atom is -0.408 e. The van der Waals surface area contributed by atoms with E-state index in [1.54, 1.807) is 7.05 Å². The molecule has 0 unspecified atom stereocenters. The van der Waals surface area contributed by atoms with E-state index in [0.717, 1.165) is 0 Å². The van der Waals surface area contributed by atoms with Crippen molar-refractivity contribution < 1.29 is 12.8 Å². The van der Waals surface area contributed by atoms with E-state index < -0.39 is 15.8 Å². The van der Waals surface area contributed by atoms with Crippen LogP contribution in [0.4, 0.5) is 0 Å². The smallest absolute Gasteiger partial charge is 0.408 e. The van der Waals surface area contributed by atoms with Gasteiger partial charge < -0.3 is 4.42 Å². The Morgan fingerprint density at radius 2 is 2.06 bits per heavy atom. The molecule has 0 atom stereocenters. The van der Waals surface area contributed by atoms with Crippen molar-refractivity contribution in [3.63, 3.8) is 0 Å². The van der Waals surface area contributed by atoms with Crippen molar-refractivity contribution in [3.8, 4) is 0 Å². The van der Waals surface area contributed by atoms with Gasteiger partial charge in [0, 0.05) is 13.1 Å². The van der Waals surface area contributed by atoms with E-state index in [1.165, 1.54) is 29.8 Å². The summed E-state index contributed by atoms with van der Waals surface area (Å²) < 4.78 is 31.4. The van der Waals surface area contributed by atoms with Crippen molar-refractivity contribution in [2.75, 3.05) is 7.05 Å². The van der Waals surface area contributed by atoms with Gasteiger partial charge in [-0.05, 0) is 19.2 Å². The molecule has 0 saturated carbocycles. The van der Waals surface area contributed by atoms with Gasteiger partial charge in [0.05, 0.1) is 10.4 Å². The van der Waals surface area contributed by atoms with Crippen LogP contribution in [0.5, 0.6) is 0 Å². The molecule has 0 spiro atoms. The summed E-state index contributed by atoms with van der Waals surface area (Å²) >= 11 is 0. The second-order valence-electron chi connectivity index (χ2n) is 3.26. The van der Waals surface area contributed by atoms with Crippen molar-refractivity contribution in [2.24, 2.45) is 7.05 Å². The van der Waals surface area contributed by atoms with E-state index in [4.69, 9.17) is 4.42 Å². The van der Waals surface area contributed by atoms with Crippen LogP contribution < -0.4 is 10.5 Å². The van der Waals surface area contributed by atoms with Gasteiger partial charge in [-0.1, -0.05) is 0 Å². The number of fused-ring (bicyclic) bond motifs is 1. The Morgan fingerprint density at radius 3 is 2.69 bits per heavy atom. The standard InChI is InChI=1S/C9H10N2O4S/c1-10-16(13,14)6-3-4-7-8(5-6)15-9(12)11(7)2/h3-5,10H,1-2H3. The van der Waals surface area contributed by atoms with E-state index in [0.29, 0.717) is 5.52 Å². The lowest BCUT2D eigenvalue weighted by atomic mass is 10.3. The van der Waals surface area contributed by atoms with Crippen molar-refractivity contribution in [1.82, 2.24) is 9.29 Å². The van der Waals surface area contributed by atoms with Gasteiger partial charge in [0.2, 0.25) is 10.0 Å². The summed E-state index contributed by atoms with van der Waals surface area (Å²) in [6, 6.07) is 4.27. The molecule has 0 aliphatic carbocycles. The molecule has 2 rings (SSSR count). The fourth-order valence-corrected chi connectivity index (χ4v) is 2.14. The molecule has 0 amide bonds. The first-order valence-corrected chi connectivity index (χ1v) is 5.97. The van der Waals surface area contributed by atoms with Gasteiger partial charge in [-0.3, -0.25) is 4.57 Å². The zero-order valence-electron chi connectivity index (χ0n) is 8.72. The van der Waals surface area contributed by atoms with Crippen molar-refractivity contribution in [3.05, 3.63) is 28.7 Å². The van der Waals surface area contributed by atoms with Crippen LogP contribution in [-0.4, -0.2) is 20.0 Å². The van der Waals surface area contributed by atoms with Gasteiger partial charge in [-0.25, -0.2) is 17.9 Å². The first kappa shape index (κ1) is 10.9. The van der Waals surface area contributed by atoms with Crippen molar-refractivity contribution >= 4 is 21.1 Å². The third-order valence-electron chi connectivity index (χ3n) is 2.34. The number of hydrogen-bond donors (Lipinski definition) is 1. The van der Waals surface area contributed by atoms with Gasteiger partial charge in [0.25, 0.3) is 0 Å². The minimum absolute atomic E-state index is 0.0665. The van der Waals surface area contributed by atoms with Crippen LogP contribution in [0.25, 0.3) is 11.1 Å². The molecular formula is C9H10N2O4S. The van der Waals surface area contributed by atoms with Crippen LogP contribution in [0.3, 0.4) is 0 Å². The maximum atomic E-state index is 11.5. The molecule has 16 heavy (non-hydrogen) atoms. The number of hydrogen-bond acceptors (Lipinski definition) is 4. The predicted octanol–water partition coefficient (Wildman–Crippen LogP) is 0.0396. The quantitative estimate of drug-likeness (QED) is 0.806. The number of nitrogens with one attached hydrogen (secondary N) is 1. The first-order valence-electron chi connectivity index (χ1n) is 4.49. The number of sulfonamides is 1.